The van der Waals surface area contributed by atoms with Gasteiger partial charge in [0.1, 0.15) is 5.82 Å². The molecule has 17 heavy (non-hydrogen) atoms. The monoisotopic (exact) mass is 313 g/mol. The van der Waals surface area contributed by atoms with Gasteiger partial charge in [-0.05, 0) is 41.1 Å². The SMILES string of the molecule is Cc1ccc(F)c(C(N)Cc2ccc(Br)s2)c1. The molecule has 1 atom stereocenters. The van der Waals surface area contributed by atoms with Crippen LogP contribution in [0.1, 0.15) is 22.0 Å². The Balaban J connectivity index is 2.19. The molecule has 0 saturated carbocycles. The minimum absolute atomic E-state index is 0.223. The van der Waals surface area contributed by atoms with E-state index < -0.39 is 0 Å². The van der Waals surface area contributed by atoms with Crippen LogP contribution < -0.4 is 5.73 Å². The van der Waals surface area contributed by atoms with Gasteiger partial charge >= 0.3 is 0 Å². The smallest absolute Gasteiger partial charge is 0.128 e. The molecule has 2 N–H and O–H groups in total. The Morgan fingerprint density at radius 3 is 2.76 bits per heavy atom. The first kappa shape index (κ1) is 12.7. The summed E-state index contributed by atoms with van der Waals surface area (Å²) in [5.41, 5.74) is 7.68. The number of benzene rings is 1. The molecule has 1 heterocycles. The van der Waals surface area contributed by atoms with E-state index in [0.717, 1.165) is 14.2 Å². The van der Waals surface area contributed by atoms with Gasteiger partial charge in [0.25, 0.3) is 0 Å². The third-order valence-corrected chi connectivity index (χ3v) is 4.25. The van der Waals surface area contributed by atoms with E-state index in [0.29, 0.717) is 12.0 Å². The minimum atomic E-state index is -0.291. The molecule has 0 aliphatic heterocycles. The second-order valence-electron chi connectivity index (χ2n) is 4.04. The molecule has 0 saturated heterocycles. The number of halogens is 2. The van der Waals surface area contributed by atoms with Gasteiger partial charge < -0.3 is 5.73 Å². The molecule has 90 valence electrons. The lowest BCUT2D eigenvalue weighted by Gasteiger charge is -2.12. The van der Waals surface area contributed by atoms with Crippen molar-refractivity contribution in [1.29, 1.82) is 0 Å². The van der Waals surface area contributed by atoms with Crippen LogP contribution in [0.2, 0.25) is 0 Å². The maximum Gasteiger partial charge on any atom is 0.128 e. The lowest BCUT2D eigenvalue weighted by Crippen LogP contribution is -2.14. The molecule has 4 heteroatoms. The van der Waals surface area contributed by atoms with Crippen molar-refractivity contribution < 1.29 is 4.39 Å². The normalized spacial score (nSPS) is 12.7. The Bertz CT molecular complexity index is 524. The number of hydrogen-bond acceptors (Lipinski definition) is 2. The highest BCUT2D eigenvalue weighted by Crippen LogP contribution is 2.27. The number of hydrogen-bond donors (Lipinski definition) is 1. The fourth-order valence-corrected chi connectivity index (χ4v) is 3.28. The quantitative estimate of drug-likeness (QED) is 0.903. The van der Waals surface area contributed by atoms with Crippen LogP contribution >= 0.6 is 27.3 Å². The van der Waals surface area contributed by atoms with E-state index in [4.69, 9.17) is 5.73 Å². The Hall–Kier alpha value is -0.710. The molecule has 0 bridgehead atoms. The van der Waals surface area contributed by atoms with Crippen LogP contribution in [0.25, 0.3) is 0 Å². The summed E-state index contributed by atoms with van der Waals surface area (Å²) in [6.45, 7) is 1.94. The van der Waals surface area contributed by atoms with Crippen molar-refractivity contribution in [1.82, 2.24) is 0 Å². The van der Waals surface area contributed by atoms with Crippen LogP contribution in [0, 0.1) is 12.7 Å². The molecule has 1 nitrogen and oxygen atoms in total. The molecule has 2 aromatic rings. The third kappa shape index (κ3) is 3.15. The van der Waals surface area contributed by atoms with E-state index in [-0.39, 0.29) is 11.9 Å². The minimum Gasteiger partial charge on any atom is -0.324 e. The van der Waals surface area contributed by atoms with E-state index in [1.54, 1.807) is 17.4 Å². The molecule has 1 unspecified atom stereocenters. The van der Waals surface area contributed by atoms with Crippen molar-refractivity contribution in [3.8, 4) is 0 Å². The van der Waals surface area contributed by atoms with Crippen LogP contribution in [-0.4, -0.2) is 0 Å². The van der Waals surface area contributed by atoms with Crippen LogP contribution in [-0.2, 0) is 6.42 Å². The molecular weight excluding hydrogens is 301 g/mol. The van der Waals surface area contributed by atoms with Crippen molar-refractivity contribution in [3.05, 3.63) is 55.9 Å². The molecule has 2 rings (SSSR count). The van der Waals surface area contributed by atoms with Gasteiger partial charge in [0.05, 0.1) is 3.79 Å². The summed E-state index contributed by atoms with van der Waals surface area (Å²) in [5.74, 6) is -0.223. The Labute approximate surface area is 113 Å². The van der Waals surface area contributed by atoms with Gasteiger partial charge in [-0.25, -0.2) is 4.39 Å². The number of thiophene rings is 1. The van der Waals surface area contributed by atoms with Crippen LogP contribution in [0.3, 0.4) is 0 Å². The molecular formula is C13H13BrFNS. The highest BCUT2D eigenvalue weighted by molar-refractivity contribution is 9.11. The summed E-state index contributed by atoms with van der Waals surface area (Å²) >= 11 is 5.04. The van der Waals surface area contributed by atoms with E-state index in [2.05, 4.69) is 15.9 Å². The first-order chi connectivity index (χ1) is 8.06. The Morgan fingerprint density at radius 1 is 1.35 bits per heavy atom. The summed E-state index contributed by atoms with van der Waals surface area (Å²) in [5, 5.41) is 0. The second kappa shape index (κ2) is 5.29. The van der Waals surface area contributed by atoms with Crippen LogP contribution in [0.5, 0.6) is 0 Å². The van der Waals surface area contributed by atoms with Crippen LogP contribution in [0.15, 0.2) is 34.1 Å². The molecule has 0 aliphatic rings. The average molecular weight is 314 g/mol. The molecule has 0 spiro atoms. The predicted molar refractivity (Wildman–Crippen MR) is 73.8 cm³/mol. The zero-order chi connectivity index (χ0) is 12.4. The third-order valence-electron chi connectivity index (χ3n) is 2.60. The summed E-state index contributed by atoms with van der Waals surface area (Å²) in [6.07, 6.45) is 0.663. The molecule has 0 amide bonds. The van der Waals surface area contributed by atoms with Gasteiger partial charge in [0, 0.05) is 22.9 Å². The predicted octanol–water partition coefficient (Wildman–Crippen LogP) is 4.20. The topological polar surface area (TPSA) is 26.0 Å². The summed E-state index contributed by atoms with van der Waals surface area (Å²) in [7, 11) is 0. The Morgan fingerprint density at radius 2 is 2.12 bits per heavy atom. The van der Waals surface area contributed by atoms with E-state index >= 15 is 0 Å². The fourth-order valence-electron chi connectivity index (χ4n) is 1.74. The largest absolute Gasteiger partial charge is 0.324 e. The number of nitrogens with two attached hydrogens (primary N) is 1. The van der Waals surface area contributed by atoms with E-state index in [9.17, 15) is 4.39 Å². The fraction of sp³-hybridized carbons (Fsp3) is 0.231. The first-order valence-electron chi connectivity index (χ1n) is 5.32. The lowest BCUT2D eigenvalue weighted by molar-refractivity contribution is 0.581. The van der Waals surface area contributed by atoms with Gasteiger partial charge in [-0.2, -0.15) is 0 Å². The van der Waals surface area contributed by atoms with Gasteiger partial charge in [0.2, 0.25) is 0 Å². The zero-order valence-corrected chi connectivity index (χ0v) is 11.8. The molecule has 0 radical (unpaired) electrons. The maximum absolute atomic E-state index is 13.6. The van der Waals surface area contributed by atoms with Gasteiger partial charge in [0.15, 0.2) is 0 Å². The van der Waals surface area contributed by atoms with Crippen LogP contribution in [0.4, 0.5) is 4.39 Å². The maximum atomic E-state index is 13.6. The van der Waals surface area contributed by atoms with Crippen molar-refractivity contribution in [2.45, 2.75) is 19.4 Å². The van der Waals surface area contributed by atoms with Crippen molar-refractivity contribution >= 4 is 27.3 Å². The summed E-state index contributed by atoms with van der Waals surface area (Å²) in [6, 6.07) is 8.77. The van der Waals surface area contributed by atoms with E-state index in [1.165, 1.54) is 6.07 Å². The highest BCUT2D eigenvalue weighted by Gasteiger charge is 2.13. The second-order valence-corrected chi connectivity index (χ2v) is 6.59. The summed E-state index contributed by atoms with van der Waals surface area (Å²) in [4.78, 5) is 1.16. The van der Waals surface area contributed by atoms with E-state index in [1.807, 2.05) is 25.1 Å². The van der Waals surface area contributed by atoms with Gasteiger partial charge in [-0.3, -0.25) is 0 Å². The number of rotatable bonds is 3. The zero-order valence-electron chi connectivity index (χ0n) is 9.41. The first-order valence-corrected chi connectivity index (χ1v) is 6.93. The molecule has 1 aromatic carbocycles. The Kier molecular flexibility index (Phi) is 3.97. The van der Waals surface area contributed by atoms with Gasteiger partial charge in [-0.1, -0.05) is 17.7 Å². The highest BCUT2D eigenvalue weighted by atomic mass is 79.9. The van der Waals surface area contributed by atoms with Crippen molar-refractivity contribution in [2.24, 2.45) is 5.73 Å². The van der Waals surface area contributed by atoms with Gasteiger partial charge in [-0.15, -0.1) is 11.3 Å². The summed E-state index contributed by atoms with van der Waals surface area (Å²) < 4.78 is 14.7. The molecule has 0 aliphatic carbocycles. The molecule has 0 fully saturated rings. The number of aryl methyl sites for hydroxylation is 1. The lowest BCUT2D eigenvalue weighted by atomic mass is 10.0. The standard InChI is InChI=1S/C13H13BrFNS/c1-8-2-4-11(15)10(6-8)12(16)7-9-3-5-13(14)17-9/h2-6,12H,7,16H2,1H3. The van der Waals surface area contributed by atoms with Crippen molar-refractivity contribution in [3.63, 3.8) is 0 Å². The van der Waals surface area contributed by atoms with Crippen molar-refractivity contribution in [2.75, 3.05) is 0 Å². The average Bonchev–Trinajstić information content (AvgIpc) is 2.67. The molecule has 1 aromatic heterocycles.